The van der Waals surface area contributed by atoms with E-state index in [2.05, 4.69) is 0 Å². The van der Waals surface area contributed by atoms with Gasteiger partial charge in [0.25, 0.3) is 0 Å². The van der Waals surface area contributed by atoms with E-state index in [1.807, 2.05) is 6.92 Å². The molecule has 7 heteroatoms. The molecule has 3 nitrogen and oxygen atoms in total. The summed E-state index contributed by atoms with van der Waals surface area (Å²) in [7, 11) is -1.29. The van der Waals surface area contributed by atoms with Gasteiger partial charge in [0.15, 0.2) is 0 Å². The largest absolute Gasteiger partial charge is 0.477 e. The van der Waals surface area contributed by atoms with E-state index in [1.165, 1.54) is 11.3 Å². The lowest BCUT2D eigenvalue weighted by atomic mass is 10.3. The summed E-state index contributed by atoms with van der Waals surface area (Å²) in [4.78, 5) is 12.6. The van der Waals surface area contributed by atoms with Gasteiger partial charge in [-0.05, 0) is 36.8 Å². The topological polar surface area (TPSA) is 54.4 Å². The summed E-state index contributed by atoms with van der Waals surface area (Å²) in [6.45, 7) is 1.82. The van der Waals surface area contributed by atoms with Crippen LogP contribution < -0.4 is 0 Å². The number of halogens is 2. The zero-order valence-corrected chi connectivity index (χ0v) is 13.5. The van der Waals surface area contributed by atoms with Crippen molar-refractivity contribution in [1.82, 2.24) is 0 Å². The molecule has 1 aromatic heterocycles. The predicted molar refractivity (Wildman–Crippen MR) is 82.6 cm³/mol. The minimum absolute atomic E-state index is 0.253. The van der Waals surface area contributed by atoms with Crippen molar-refractivity contribution >= 4 is 51.3 Å². The van der Waals surface area contributed by atoms with Crippen LogP contribution in [0.1, 0.15) is 20.1 Å². The quantitative estimate of drug-likeness (QED) is 0.892. The van der Waals surface area contributed by atoms with Crippen molar-refractivity contribution in [3.63, 3.8) is 0 Å². The molecule has 0 aliphatic heterocycles. The maximum absolute atomic E-state index is 12.3. The van der Waals surface area contributed by atoms with Gasteiger partial charge in [-0.2, -0.15) is 0 Å². The van der Waals surface area contributed by atoms with Crippen molar-refractivity contribution in [3.8, 4) is 0 Å². The SMILES string of the molecule is Cc1sc(C(=O)O)cc1CS(=O)c1ccc(Cl)c(Cl)c1. The number of carboxylic acids is 1. The van der Waals surface area contributed by atoms with E-state index in [0.717, 1.165) is 10.4 Å². The Kier molecular flexibility index (Phi) is 4.86. The average molecular weight is 349 g/mol. The Morgan fingerprint density at radius 1 is 1.30 bits per heavy atom. The first-order valence-corrected chi connectivity index (χ1v) is 8.43. The molecule has 106 valence electrons. The van der Waals surface area contributed by atoms with E-state index in [1.54, 1.807) is 24.3 Å². The van der Waals surface area contributed by atoms with Gasteiger partial charge in [0.2, 0.25) is 0 Å². The van der Waals surface area contributed by atoms with Crippen molar-refractivity contribution < 1.29 is 14.1 Å². The Bertz CT molecular complexity index is 695. The van der Waals surface area contributed by atoms with Crippen molar-refractivity contribution in [2.45, 2.75) is 17.6 Å². The second-order valence-corrected chi connectivity index (χ2v) is 7.58. The third kappa shape index (κ3) is 3.41. The zero-order chi connectivity index (χ0) is 14.9. The lowest BCUT2D eigenvalue weighted by molar-refractivity contribution is 0.0702. The van der Waals surface area contributed by atoms with E-state index >= 15 is 0 Å². The molecule has 2 aromatic rings. The van der Waals surface area contributed by atoms with E-state index in [-0.39, 0.29) is 10.6 Å². The molecule has 0 fully saturated rings. The molecule has 20 heavy (non-hydrogen) atoms. The third-order valence-corrected chi connectivity index (χ3v) is 5.84. The zero-order valence-electron chi connectivity index (χ0n) is 10.4. The monoisotopic (exact) mass is 348 g/mol. The van der Waals surface area contributed by atoms with Crippen LogP contribution in [0.5, 0.6) is 0 Å². The van der Waals surface area contributed by atoms with Crippen molar-refractivity contribution in [2.24, 2.45) is 0 Å². The van der Waals surface area contributed by atoms with Gasteiger partial charge >= 0.3 is 5.97 Å². The van der Waals surface area contributed by atoms with E-state index in [0.29, 0.717) is 14.9 Å². The lowest BCUT2D eigenvalue weighted by Gasteiger charge is -2.03. The Morgan fingerprint density at radius 2 is 2.00 bits per heavy atom. The Morgan fingerprint density at radius 3 is 2.55 bits per heavy atom. The minimum atomic E-state index is -1.29. The number of carboxylic acid groups (broad SMARTS) is 1. The second-order valence-electron chi connectivity index (χ2n) is 4.06. The smallest absolute Gasteiger partial charge is 0.345 e. The normalized spacial score (nSPS) is 12.3. The number of aryl methyl sites for hydroxylation is 1. The maximum atomic E-state index is 12.3. The van der Waals surface area contributed by atoms with Crippen LogP contribution >= 0.6 is 34.5 Å². The summed E-state index contributed by atoms with van der Waals surface area (Å²) in [5.41, 5.74) is 0.775. The summed E-state index contributed by atoms with van der Waals surface area (Å²) in [5.74, 6) is -0.710. The molecule has 0 aliphatic carbocycles. The Hall–Kier alpha value is -0.880. The minimum Gasteiger partial charge on any atom is -0.477 e. The Balaban J connectivity index is 2.23. The van der Waals surface area contributed by atoms with Gasteiger partial charge in [-0.25, -0.2) is 4.79 Å². The van der Waals surface area contributed by atoms with Crippen molar-refractivity contribution in [2.75, 3.05) is 0 Å². The molecule has 1 aromatic carbocycles. The standard InChI is InChI=1S/C13H10Cl2O3S2/c1-7-8(4-12(19-7)13(16)17)6-20(18)9-2-3-10(14)11(15)5-9/h2-5H,6H2,1H3,(H,16,17). The van der Waals surface area contributed by atoms with Crippen molar-refractivity contribution in [1.29, 1.82) is 0 Å². The van der Waals surface area contributed by atoms with E-state index < -0.39 is 16.8 Å². The summed E-state index contributed by atoms with van der Waals surface area (Å²) in [5, 5.41) is 9.71. The summed E-state index contributed by atoms with van der Waals surface area (Å²) in [6, 6.07) is 6.39. The molecular formula is C13H10Cl2O3S2. The van der Waals surface area contributed by atoms with Gasteiger partial charge in [-0.3, -0.25) is 4.21 Å². The fraction of sp³-hybridized carbons (Fsp3) is 0.154. The second kappa shape index (κ2) is 6.26. The first kappa shape index (κ1) is 15.5. The molecule has 2 rings (SSSR count). The molecule has 1 heterocycles. The molecule has 0 bridgehead atoms. The molecule has 0 spiro atoms. The number of aromatic carboxylic acids is 1. The molecule has 0 saturated carbocycles. The van der Waals surface area contributed by atoms with E-state index in [4.69, 9.17) is 28.3 Å². The van der Waals surface area contributed by atoms with Gasteiger partial charge in [0.1, 0.15) is 4.88 Å². The average Bonchev–Trinajstić information content (AvgIpc) is 2.74. The first-order chi connectivity index (χ1) is 9.38. The summed E-state index contributed by atoms with van der Waals surface area (Å²) < 4.78 is 12.3. The highest BCUT2D eigenvalue weighted by Crippen LogP contribution is 2.27. The van der Waals surface area contributed by atoms with Crippen LogP contribution in [0.3, 0.4) is 0 Å². The Labute approximate surface area is 132 Å². The molecule has 0 aliphatic rings. The number of hydrogen-bond acceptors (Lipinski definition) is 3. The predicted octanol–water partition coefficient (Wildman–Crippen LogP) is 4.37. The van der Waals surface area contributed by atoms with E-state index in [9.17, 15) is 9.00 Å². The van der Waals surface area contributed by atoms with Gasteiger partial charge in [-0.1, -0.05) is 23.2 Å². The summed E-state index contributed by atoms with van der Waals surface area (Å²) in [6.07, 6.45) is 0. The fourth-order valence-electron chi connectivity index (χ4n) is 1.61. The van der Waals surface area contributed by atoms with Gasteiger partial charge in [-0.15, -0.1) is 11.3 Å². The van der Waals surface area contributed by atoms with Crippen LogP contribution in [0.4, 0.5) is 0 Å². The highest BCUT2D eigenvalue weighted by molar-refractivity contribution is 7.84. The van der Waals surface area contributed by atoms with Crippen LogP contribution in [0, 0.1) is 6.92 Å². The van der Waals surface area contributed by atoms with Crippen molar-refractivity contribution in [3.05, 3.63) is 49.6 Å². The van der Waals surface area contributed by atoms with Gasteiger partial charge in [0, 0.05) is 9.77 Å². The molecular weight excluding hydrogens is 339 g/mol. The number of hydrogen-bond donors (Lipinski definition) is 1. The highest BCUT2D eigenvalue weighted by atomic mass is 35.5. The first-order valence-electron chi connectivity index (χ1n) is 5.54. The van der Waals surface area contributed by atoms with Crippen LogP contribution in [-0.4, -0.2) is 15.3 Å². The molecule has 0 radical (unpaired) electrons. The maximum Gasteiger partial charge on any atom is 0.345 e. The van der Waals surface area contributed by atoms with Crippen LogP contribution in [-0.2, 0) is 16.6 Å². The molecule has 0 amide bonds. The molecule has 0 saturated heterocycles. The van der Waals surface area contributed by atoms with Gasteiger partial charge < -0.3 is 5.11 Å². The lowest BCUT2D eigenvalue weighted by Crippen LogP contribution is -1.97. The molecule has 1 atom stereocenters. The number of benzene rings is 1. The third-order valence-electron chi connectivity index (χ3n) is 2.67. The van der Waals surface area contributed by atoms with Crippen LogP contribution in [0.15, 0.2) is 29.2 Å². The summed E-state index contributed by atoms with van der Waals surface area (Å²) >= 11 is 12.9. The van der Waals surface area contributed by atoms with Crippen LogP contribution in [0.2, 0.25) is 10.0 Å². The number of thiophene rings is 1. The van der Waals surface area contributed by atoms with Crippen LogP contribution in [0.25, 0.3) is 0 Å². The van der Waals surface area contributed by atoms with Gasteiger partial charge in [0.05, 0.1) is 26.6 Å². The highest BCUT2D eigenvalue weighted by Gasteiger charge is 2.14. The fourth-order valence-corrected chi connectivity index (χ4v) is 4.16. The number of rotatable bonds is 4. The number of carbonyl (C=O) groups is 1. The molecule has 1 unspecified atom stereocenters. The molecule has 1 N–H and O–H groups in total.